The summed E-state index contributed by atoms with van der Waals surface area (Å²) in [5.41, 5.74) is -0.0322. The number of ether oxygens (including phenoxy) is 1. The Kier molecular flexibility index (Phi) is 2.44. The van der Waals surface area contributed by atoms with Gasteiger partial charge in [-0.1, -0.05) is 17.7 Å². The Morgan fingerprint density at radius 1 is 1.27 bits per heavy atom. The van der Waals surface area contributed by atoms with Gasteiger partial charge in [0, 0.05) is 24.2 Å². The standard InChI is InChI=1S/C17H20N2O3/c1-12-4-6-13(7-5-12)18-10-14-15(2,3)17(19(20)21)9-8-16(14,11-18)22-17/h4-9,14H,10-11H2,1-3H3/t14-,16-,17?/m1/s1. The molecule has 2 bridgehead atoms. The van der Waals surface area contributed by atoms with Gasteiger partial charge in [0.1, 0.15) is 5.60 Å². The third-order valence-corrected chi connectivity index (χ3v) is 5.83. The van der Waals surface area contributed by atoms with Crippen LogP contribution in [0.5, 0.6) is 0 Å². The maximum atomic E-state index is 11.6. The molecule has 0 saturated carbocycles. The third kappa shape index (κ3) is 1.42. The van der Waals surface area contributed by atoms with Crippen LogP contribution in [0.15, 0.2) is 36.4 Å². The summed E-state index contributed by atoms with van der Waals surface area (Å²) in [5.74, 6) is 0.122. The highest BCUT2D eigenvalue weighted by molar-refractivity contribution is 5.52. The van der Waals surface area contributed by atoms with Crippen molar-refractivity contribution in [2.75, 3.05) is 18.0 Å². The Morgan fingerprint density at radius 2 is 1.95 bits per heavy atom. The molecule has 3 aliphatic heterocycles. The van der Waals surface area contributed by atoms with Crippen LogP contribution < -0.4 is 4.90 Å². The smallest absolute Gasteiger partial charge is 0.350 e. The minimum Gasteiger partial charge on any atom is -0.368 e. The second-order valence-corrected chi connectivity index (χ2v) is 7.33. The van der Waals surface area contributed by atoms with Crippen LogP contribution >= 0.6 is 0 Å². The molecule has 5 heteroatoms. The number of nitro groups is 1. The van der Waals surface area contributed by atoms with Gasteiger partial charge in [-0.15, -0.1) is 0 Å². The molecule has 1 spiro atoms. The number of rotatable bonds is 2. The summed E-state index contributed by atoms with van der Waals surface area (Å²) in [6, 6.07) is 8.41. The van der Waals surface area contributed by atoms with E-state index in [1.54, 1.807) is 6.08 Å². The highest BCUT2D eigenvalue weighted by Gasteiger charge is 2.78. The molecular formula is C17H20N2O3. The predicted molar refractivity (Wildman–Crippen MR) is 83.3 cm³/mol. The van der Waals surface area contributed by atoms with Crippen LogP contribution in [0.3, 0.4) is 0 Å². The molecule has 4 rings (SSSR count). The Bertz CT molecular complexity index is 682. The molecule has 0 aliphatic carbocycles. The van der Waals surface area contributed by atoms with E-state index in [9.17, 15) is 10.1 Å². The zero-order valence-corrected chi connectivity index (χ0v) is 13.1. The minimum absolute atomic E-state index is 0.122. The van der Waals surface area contributed by atoms with Gasteiger partial charge in [-0.05, 0) is 39.0 Å². The summed E-state index contributed by atoms with van der Waals surface area (Å²) in [7, 11) is 0. The summed E-state index contributed by atoms with van der Waals surface area (Å²) in [6.07, 6.45) is 3.60. The van der Waals surface area contributed by atoms with E-state index in [2.05, 4.69) is 36.1 Å². The van der Waals surface area contributed by atoms with Crippen molar-refractivity contribution in [3.63, 3.8) is 0 Å². The number of anilines is 1. The first-order chi connectivity index (χ1) is 10.3. The van der Waals surface area contributed by atoms with Crippen LogP contribution in [0.2, 0.25) is 0 Å². The number of aryl methyl sites for hydroxylation is 1. The Balaban J connectivity index is 1.71. The van der Waals surface area contributed by atoms with Crippen molar-refractivity contribution in [3.05, 3.63) is 52.1 Å². The molecule has 1 aromatic carbocycles. The second kappa shape index (κ2) is 3.90. The van der Waals surface area contributed by atoms with Crippen LogP contribution in [-0.2, 0) is 4.74 Å². The predicted octanol–water partition coefficient (Wildman–Crippen LogP) is 2.77. The van der Waals surface area contributed by atoms with Gasteiger partial charge in [0.25, 0.3) is 0 Å². The molecule has 5 nitrogen and oxygen atoms in total. The van der Waals surface area contributed by atoms with E-state index in [0.29, 0.717) is 6.54 Å². The average Bonchev–Trinajstić information content (AvgIpc) is 3.07. The SMILES string of the molecule is Cc1ccc(N2C[C@@H]3C(C)(C)C4([N+](=O)[O-])C=C[C@]3(C2)O4)cc1. The lowest BCUT2D eigenvalue weighted by Crippen LogP contribution is -2.50. The number of nitrogens with zero attached hydrogens (tertiary/aromatic N) is 2. The maximum Gasteiger partial charge on any atom is 0.350 e. The van der Waals surface area contributed by atoms with E-state index in [1.807, 2.05) is 19.9 Å². The molecule has 116 valence electrons. The van der Waals surface area contributed by atoms with Gasteiger partial charge in [0.05, 0.1) is 16.9 Å². The number of hydrogen-bond acceptors (Lipinski definition) is 4. The van der Waals surface area contributed by atoms with Crippen LogP contribution in [0.1, 0.15) is 19.4 Å². The summed E-state index contributed by atoms with van der Waals surface area (Å²) < 4.78 is 6.07. The van der Waals surface area contributed by atoms with Crippen LogP contribution in [0.4, 0.5) is 5.69 Å². The highest BCUT2D eigenvalue weighted by Crippen LogP contribution is 2.63. The Labute approximate surface area is 129 Å². The van der Waals surface area contributed by atoms with E-state index in [-0.39, 0.29) is 10.8 Å². The van der Waals surface area contributed by atoms with E-state index in [0.717, 1.165) is 12.2 Å². The molecule has 0 amide bonds. The molecule has 0 aromatic heterocycles. The van der Waals surface area contributed by atoms with Crippen molar-refractivity contribution in [3.8, 4) is 0 Å². The molecule has 0 N–H and O–H groups in total. The lowest BCUT2D eigenvalue weighted by Gasteiger charge is -2.34. The topological polar surface area (TPSA) is 55.6 Å². The fraction of sp³-hybridized carbons (Fsp3) is 0.529. The number of fused-ring (bicyclic) bond motifs is 1. The first-order valence-corrected chi connectivity index (χ1v) is 7.67. The van der Waals surface area contributed by atoms with Crippen molar-refractivity contribution in [1.29, 1.82) is 0 Å². The first kappa shape index (κ1) is 13.8. The summed E-state index contributed by atoms with van der Waals surface area (Å²) >= 11 is 0. The third-order valence-electron chi connectivity index (χ3n) is 5.83. The van der Waals surface area contributed by atoms with E-state index in [4.69, 9.17) is 4.74 Å². The van der Waals surface area contributed by atoms with Gasteiger partial charge in [0.15, 0.2) is 0 Å². The fourth-order valence-corrected chi connectivity index (χ4v) is 4.45. The average molecular weight is 300 g/mol. The lowest BCUT2D eigenvalue weighted by molar-refractivity contribution is -0.625. The first-order valence-electron chi connectivity index (χ1n) is 7.67. The highest BCUT2D eigenvalue weighted by atomic mass is 16.7. The van der Waals surface area contributed by atoms with Gasteiger partial charge in [-0.3, -0.25) is 14.9 Å². The molecule has 0 radical (unpaired) electrons. The number of benzene rings is 1. The van der Waals surface area contributed by atoms with Crippen molar-refractivity contribution in [2.24, 2.45) is 11.3 Å². The molecule has 3 aliphatic rings. The van der Waals surface area contributed by atoms with Gasteiger partial charge < -0.3 is 4.90 Å². The Morgan fingerprint density at radius 3 is 2.55 bits per heavy atom. The van der Waals surface area contributed by atoms with Gasteiger partial charge in [0.2, 0.25) is 0 Å². The second-order valence-electron chi connectivity index (χ2n) is 7.33. The Hall–Kier alpha value is -1.88. The molecular weight excluding hydrogens is 280 g/mol. The van der Waals surface area contributed by atoms with Crippen LogP contribution in [-0.4, -0.2) is 29.3 Å². The lowest BCUT2D eigenvalue weighted by atomic mass is 9.65. The largest absolute Gasteiger partial charge is 0.368 e. The minimum atomic E-state index is -1.36. The van der Waals surface area contributed by atoms with Gasteiger partial charge in [-0.2, -0.15) is 0 Å². The molecule has 1 unspecified atom stereocenters. The van der Waals surface area contributed by atoms with Crippen LogP contribution in [0.25, 0.3) is 0 Å². The summed E-state index contributed by atoms with van der Waals surface area (Å²) in [5, 5.41) is 11.6. The van der Waals surface area contributed by atoms with Gasteiger partial charge >= 0.3 is 5.72 Å². The molecule has 2 fully saturated rings. The van der Waals surface area contributed by atoms with Gasteiger partial charge in [-0.25, -0.2) is 0 Å². The summed E-state index contributed by atoms with van der Waals surface area (Å²) in [6.45, 7) is 7.46. The molecule has 3 atom stereocenters. The normalized spacial score (nSPS) is 37.6. The zero-order chi connectivity index (χ0) is 15.8. The van der Waals surface area contributed by atoms with E-state index in [1.165, 1.54) is 5.56 Å². The molecule has 1 aromatic rings. The maximum absolute atomic E-state index is 11.6. The fourth-order valence-electron chi connectivity index (χ4n) is 4.45. The quantitative estimate of drug-likeness (QED) is 0.479. The van der Waals surface area contributed by atoms with Crippen molar-refractivity contribution in [1.82, 2.24) is 0 Å². The summed E-state index contributed by atoms with van der Waals surface area (Å²) in [4.78, 5) is 13.7. The van der Waals surface area contributed by atoms with Crippen molar-refractivity contribution >= 4 is 5.69 Å². The number of hydrogen-bond donors (Lipinski definition) is 0. The molecule has 2 saturated heterocycles. The van der Waals surface area contributed by atoms with Crippen molar-refractivity contribution < 1.29 is 9.66 Å². The monoisotopic (exact) mass is 300 g/mol. The van der Waals surface area contributed by atoms with Crippen molar-refractivity contribution in [2.45, 2.75) is 32.1 Å². The van der Waals surface area contributed by atoms with E-state index >= 15 is 0 Å². The molecule has 22 heavy (non-hydrogen) atoms. The zero-order valence-electron chi connectivity index (χ0n) is 13.1. The van der Waals surface area contributed by atoms with E-state index < -0.39 is 16.7 Å². The van der Waals surface area contributed by atoms with Crippen LogP contribution in [0, 0.1) is 28.4 Å². The molecule has 3 heterocycles.